The minimum absolute atomic E-state index is 0.218. The van der Waals surface area contributed by atoms with Crippen molar-refractivity contribution >= 4 is 73.1 Å². The zero-order valence-corrected chi connectivity index (χ0v) is 33.1. The second kappa shape index (κ2) is 18.6. The Morgan fingerprint density at radius 3 is 1.15 bits per heavy atom. The maximum Gasteiger partial charge on any atom is 0.490 e. The molecular formula is C20H33N10O24P5. The van der Waals surface area contributed by atoms with Gasteiger partial charge in [0.05, 0.1) is 25.9 Å². The van der Waals surface area contributed by atoms with Crippen molar-refractivity contribution in [3.8, 4) is 0 Å². The normalized spacial score (nSPS) is 27.9. The van der Waals surface area contributed by atoms with Crippen LogP contribution in [0, 0.1) is 0 Å². The molecular weight excluding hydrogens is 919 g/mol. The molecule has 0 bridgehead atoms. The number of nitrogen functional groups attached to an aromatic ring is 2. The Morgan fingerprint density at radius 1 is 0.542 bits per heavy atom. The lowest BCUT2D eigenvalue weighted by Crippen LogP contribution is -2.33. The van der Waals surface area contributed by atoms with Gasteiger partial charge in [0.15, 0.2) is 35.4 Å². The summed E-state index contributed by atoms with van der Waals surface area (Å²) in [6, 6.07) is 0. The summed E-state index contributed by atoms with van der Waals surface area (Å²) in [5, 5.41) is 57.5. The molecule has 0 amide bonds. The van der Waals surface area contributed by atoms with Gasteiger partial charge in [0.25, 0.3) is 0 Å². The van der Waals surface area contributed by atoms with E-state index in [9.17, 15) is 43.3 Å². The number of aliphatic hydroxyl groups excluding tert-OH is 6. The molecule has 0 radical (unpaired) electrons. The molecule has 17 N–H and O–H groups in total. The van der Waals surface area contributed by atoms with Crippen LogP contribution in [0.15, 0.2) is 25.3 Å². The number of fused-ring (bicyclic) bond motifs is 2. The Balaban J connectivity index is 0.000000195. The molecule has 4 aromatic rings. The van der Waals surface area contributed by atoms with Crippen molar-refractivity contribution in [3.63, 3.8) is 0 Å². The molecule has 0 aromatic carbocycles. The average molecular weight is 952 g/mol. The monoisotopic (exact) mass is 952 g/mol. The predicted octanol–water partition coefficient (Wildman–Crippen LogP) is -4.42. The van der Waals surface area contributed by atoms with Gasteiger partial charge in [0.2, 0.25) is 0 Å². The quantitative estimate of drug-likeness (QED) is 0.0596. The molecule has 2 aliphatic rings. The minimum atomic E-state index is -6.07. The summed E-state index contributed by atoms with van der Waals surface area (Å²) in [6.45, 7) is -0.781. The van der Waals surface area contributed by atoms with E-state index in [0.717, 1.165) is 0 Å². The highest BCUT2D eigenvalue weighted by atomic mass is 31.3. The Labute approximate surface area is 325 Å². The molecule has 2 aliphatic heterocycles. The van der Waals surface area contributed by atoms with Crippen LogP contribution in [0.5, 0.6) is 0 Å². The Kier molecular flexibility index (Phi) is 15.4. The lowest BCUT2D eigenvalue weighted by Gasteiger charge is -2.18. The first kappa shape index (κ1) is 48.8. The summed E-state index contributed by atoms with van der Waals surface area (Å²) < 4.78 is 79.3. The van der Waals surface area contributed by atoms with Crippen molar-refractivity contribution in [1.82, 2.24) is 39.0 Å². The molecule has 0 saturated carbocycles. The van der Waals surface area contributed by atoms with Crippen LogP contribution < -0.4 is 11.5 Å². The van der Waals surface area contributed by atoms with Crippen molar-refractivity contribution in [2.24, 2.45) is 0 Å². The largest absolute Gasteiger partial charge is 0.490 e. The van der Waals surface area contributed by atoms with Gasteiger partial charge in [-0.3, -0.25) is 9.13 Å². The van der Waals surface area contributed by atoms with E-state index in [1.807, 2.05) is 0 Å². The van der Waals surface area contributed by atoms with Crippen LogP contribution in [0.3, 0.4) is 0 Å². The lowest BCUT2D eigenvalue weighted by molar-refractivity contribution is -0.0511. The topological polar surface area (TPSA) is 543 Å². The zero-order valence-electron chi connectivity index (χ0n) is 28.6. The van der Waals surface area contributed by atoms with Crippen molar-refractivity contribution < 1.29 is 114 Å². The van der Waals surface area contributed by atoms with Crippen LogP contribution in [0.1, 0.15) is 12.5 Å². The van der Waals surface area contributed by atoms with E-state index in [4.69, 9.17) is 65.4 Å². The highest BCUT2D eigenvalue weighted by Gasteiger charge is 2.48. The minimum Gasteiger partial charge on any atom is -0.394 e. The molecule has 2 saturated heterocycles. The fourth-order valence-electron chi connectivity index (χ4n) is 4.91. The molecule has 59 heavy (non-hydrogen) atoms. The molecule has 39 heteroatoms. The number of phosphoric acid groups is 5. The average Bonchev–Trinajstić information content (AvgIpc) is 3.84. The first-order valence-electron chi connectivity index (χ1n) is 15.1. The Morgan fingerprint density at radius 2 is 0.864 bits per heavy atom. The predicted molar refractivity (Wildman–Crippen MR) is 183 cm³/mol. The van der Waals surface area contributed by atoms with Crippen LogP contribution in [-0.4, -0.2) is 154 Å². The maximum absolute atomic E-state index is 11.0. The smallest absolute Gasteiger partial charge is 0.394 e. The summed E-state index contributed by atoms with van der Waals surface area (Å²) in [5.41, 5.74) is 12.9. The van der Waals surface area contributed by atoms with E-state index in [0.29, 0.717) is 22.3 Å². The van der Waals surface area contributed by atoms with Crippen LogP contribution in [0.25, 0.3) is 22.3 Å². The molecule has 34 nitrogen and oxygen atoms in total. The Hall–Kier alpha value is -2.91. The zero-order chi connectivity index (χ0) is 44.5. The number of aromatic nitrogens is 8. The molecule has 4 aromatic heterocycles. The second-order valence-corrected chi connectivity index (χ2v) is 18.7. The first-order chi connectivity index (χ1) is 27.1. The number of hydrogen-bond acceptors (Lipinski definition) is 25. The second-order valence-electron chi connectivity index (χ2n) is 11.3. The number of anilines is 2. The number of nitrogens with zero attached hydrogens (tertiary/aromatic N) is 8. The van der Waals surface area contributed by atoms with Crippen molar-refractivity contribution in [2.45, 2.75) is 49.1 Å². The SMILES string of the molecule is Nc1ncnc2c1ncn2C1OC(CO)C(O)C1O.Nc1ncnc2c1ncn2C1OC(CO)C(O)C1O.O=P(O)(O)OP(=O)(O)OP(=O)(O)OP(=O)(O)OP(=O)(O)O. The van der Waals surface area contributed by atoms with E-state index in [1.54, 1.807) is 0 Å². The number of ether oxygens (including phenoxy) is 2. The standard InChI is InChI=1S/2C10H13N5O4.H7O16P5/c2*11-8-5-9(13-2-12-8)15(3-14-5)10-7(18)6(17)4(1-16)19-10;1-17(2,3)13-19(7,8)15-21(11,12)16-20(9,10)14-18(4,5)6/h2*2-4,6-7,10,16-18H,1H2,(H2,11,12,13);(H,7,8)(H,9,10)(H,11,12)(H2,1,2,3)(H2,4,5,6). The van der Waals surface area contributed by atoms with Gasteiger partial charge >= 0.3 is 39.1 Å². The van der Waals surface area contributed by atoms with Gasteiger partial charge in [-0.05, 0) is 0 Å². The number of hydrogen-bond donors (Lipinski definition) is 15. The van der Waals surface area contributed by atoms with Gasteiger partial charge in [-0.15, -0.1) is 0 Å². The van der Waals surface area contributed by atoms with Crippen LogP contribution >= 0.6 is 39.1 Å². The van der Waals surface area contributed by atoms with Gasteiger partial charge < -0.3 is 85.8 Å². The van der Waals surface area contributed by atoms with Crippen molar-refractivity contribution in [3.05, 3.63) is 25.3 Å². The van der Waals surface area contributed by atoms with Gasteiger partial charge in [0, 0.05) is 0 Å². The molecule has 332 valence electrons. The van der Waals surface area contributed by atoms with Crippen LogP contribution in [-0.2, 0) is 49.5 Å². The van der Waals surface area contributed by atoms with E-state index >= 15 is 0 Å². The third-order valence-corrected chi connectivity index (χ3v) is 13.8. The first-order valence-corrected chi connectivity index (χ1v) is 22.7. The third kappa shape index (κ3) is 12.6. The Bertz CT molecular complexity index is 2190. The van der Waals surface area contributed by atoms with Gasteiger partial charge in [-0.2, -0.15) is 17.2 Å². The fraction of sp³-hybridized carbons (Fsp3) is 0.500. The van der Waals surface area contributed by atoms with Gasteiger partial charge in [0.1, 0.15) is 60.3 Å². The van der Waals surface area contributed by atoms with E-state index in [1.165, 1.54) is 34.4 Å². The summed E-state index contributed by atoms with van der Waals surface area (Å²) in [4.78, 5) is 82.5. The van der Waals surface area contributed by atoms with E-state index in [-0.39, 0.29) is 11.6 Å². The van der Waals surface area contributed by atoms with Gasteiger partial charge in [-0.25, -0.2) is 52.7 Å². The van der Waals surface area contributed by atoms with Crippen LogP contribution in [0.4, 0.5) is 11.6 Å². The molecule has 6 rings (SSSR count). The van der Waals surface area contributed by atoms with E-state index in [2.05, 4.69) is 47.1 Å². The molecule has 0 spiro atoms. The third-order valence-electron chi connectivity index (χ3n) is 7.19. The van der Waals surface area contributed by atoms with E-state index < -0.39 is 101 Å². The summed E-state index contributed by atoms with van der Waals surface area (Å²) in [5.74, 6) is 0.436. The molecule has 10 unspecified atom stereocenters. The molecule has 0 aliphatic carbocycles. The number of rotatable bonds is 12. The number of nitrogens with two attached hydrogens (primary N) is 2. The molecule has 6 heterocycles. The highest BCUT2D eigenvalue weighted by molar-refractivity contribution is 7.71. The van der Waals surface area contributed by atoms with Gasteiger partial charge in [-0.1, -0.05) is 0 Å². The molecule has 2 fully saturated rings. The molecule has 10 atom stereocenters. The number of aliphatic hydroxyl groups is 6. The van der Waals surface area contributed by atoms with Crippen molar-refractivity contribution in [2.75, 3.05) is 24.7 Å². The summed E-state index contributed by atoms with van der Waals surface area (Å²) in [6.07, 6.45) is -2.85. The number of imidazole rings is 2. The van der Waals surface area contributed by atoms with Crippen molar-refractivity contribution in [1.29, 1.82) is 0 Å². The summed E-state index contributed by atoms with van der Waals surface area (Å²) >= 11 is 0. The van der Waals surface area contributed by atoms with Crippen LogP contribution in [0.2, 0.25) is 0 Å². The fourth-order valence-corrected chi connectivity index (χ4v) is 10.3. The lowest BCUT2D eigenvalue weighted by atomic mass is 10.1. The highest BCUT2D eigenvalue weighted by Crippen LogP contribution is 2.72. The maximum atomic E-state index is 11.0. The summed E-state index contributed by atoms with van der Waals surface area (Å²) in [7, 11) is -29.3.